The third kappa shape index (κ3) is 3.27. The maximum absolute atomic E-state index is 13.5. The second kappa shape index (κ2) is 7.95. The molecule has 156 valence electrons. The third-order valence-electron chi connectivity index (χ3n) is 5.44. The van der Waals surface area contributed by atoms with Gasteiger partial charge in [0.25, 0.3) is 5.91 Å². The van der Waals surface area contributed by atoms with Crippen LogP contribution in [-0.2, 0) is 4.74 Å². The minimum Gasteiger partial charge on any atom is -0.494 e. The molecule has 1 aliphatic heterocycles. The van der Waals surface area contributed by atoms with Gasteiger partial charge in [0.2, 0.25) is 5.76 Å². The predicted octanol–water partition coefficient (Wildman–Crippen LogP) is 4.00. The van der Waals surface area contributed by atoms with E-state index in [0.29, 0.717) is 36.3 Å². The van der Waals surface area contributed by atoms with E-state index in [-0.39, 0.29) is 17.1 Å². The molecule has 2 aromatic carbocycles. The largest absolute Gasteiger partial charge is 0.494 e. The lowest BCUT2D eigenvalue weighted by molar-refractivity contribution is 0.0663. The highest BCUT2D eigenvalue weighted by molar-refractivity contribution is 5.99. The number of rotatable bonds is 6. The summed E-state index contributed by atoms with van der Waals surface area (Å²) in [5.41, 5.74) is 3.34. The molecule has 1 unspecified atom stereocenters. The van der Waals surface area contributed by atoms with E-state index in [1.807, 2.05) is 57.2 Å². The quantitative estimate of drug-likeness (QED) is 0.618. The second-order valence-electron chi connectivity index (χ2n) is 7.53. The molecule has 1 aromatic heterocycles. The number of carbonyl (C=O) groups excluding carboxylic acids is 1. The molecule has 1 atom stereocenters. The Kier molecular flexibility index (Phi) is 5.35. The fourth-order valence-corrected chi connectivity index (χ4v) is 4.15. The van der Waals surface area contributed by atoms with Gasteiger partial charge in [-0.05, 0) is 55.7 Å². The molecule has 30 heavy (non-hydrogen) atoms. The summed E-state index contributed by atoms with van der Waals surface area (Å²) in [6, 6.07) is 10.7. The van der Waals surface area contributed by atoms with Gasteiger partial charge in [-0.3, -0.25) is 9.59 Å². The van der Waals surface area contributed by atoms with Crippen molar-refractivity contribution >= 4 is 16.9 Å². The van der Waals surface area contributed by atoms with Gasteiger partial charge < -0.3 is 18.8 Å². The van der Waals surface area contributed by atoms with Gasteiger partial charge in [-0.25, -0.2) is 0 Å². The Balaban J connectivity index is 1.93. The van der Waals surface area contributed by atoms with Crippen LogP contribution in [0.4, 0.5) is 0 Å². The first-order valence-electron chi connectivity index (χ1n) is 10.1. The number of ether oxygens (including phenoxy) is 2. The van der Waals surface area contributed by atoms with Crippen molar-refractivity contribution in [2.24, 2.45) is 0 Å². The van der Waals surface area contributed by atoms with Crippen molar-refractivity contribution in [2.45, 2.75) is 26.8 Å². The van der Waals surface area contributed by atoms with E-state index in [9.17, 15) is 9.59 Å². The average molecular weight is 407 g/mol. The van der Waals surface area contributed by atoms with Gasteiger partial charge in [-0.2, -0.15) is 0 Å². The van der Waals surface area contributed by atoms with E-state index >= 15 is 0 Å². The molecule has 1 aliphatic rings. The van der Waals surface area contributed by atoms with E-state index in [2.05, 4.69) is 0 Å². The first-order chi connectivity index (χ1) is 14.5. The summed E-state index contributed by atoms with van der Waals surface area (Å²) in [6.07, 6.45) is 0. The van der Waals surface area contributed by atoms with Crippen LogP contribution in [0.25, 0.3) is 11.0 Å². The lowest BCUT2D eigenvalue weighted by Crippen LogP contribution is -2.32. The normalized spacial score (nSPS) is 15.7. The predicted molar refractivity (Wildman–Crippen MR) is 114 cm³/mol. The number of hydrogen-bond donors (Lipinski definition) is 0. The molecule has 0 spiro atoms. The van der Waals surface area contributed by atoms with Gasteiger partial charge in [-0.1, -0.05) is 18.2 Å². The number of benzene rings is 2. The fourth-order valence-electron chi connectivity index (χ4n) is 4.15. The van der Waals surface area contributed by atoms with Crippen LogP contribution < -0.4 is 10.2 Å². The van der Waals surface area contributed by atoms with Crippen molar-refractivity contribution in [1.29, 1.82) is 0 Å². The Hall–Kier alpha value is -3.12. The minimum absolute atomic E-state index is 0.120. The molecule has 0 radical (unpaired) electrons. The number of amides is 1. The van der Waals surface area contributed by atoms with Crippen molar-refractivity contribution in [3.63, 3.8) is 0 Å². The van der Waals surface area contributed by atoms with Crippen LogP contribution in [0.1, 0.15) is 45.8 Å². The van der Waals surface area contributed by atoms with Gasteiger partial charge in [0.05, 0.1) is 30.2 Å². The molecule has 6 heteroatoms. The van der Waals surface area contributed by atoms with Gasteiger partial charge in [0, 0.05) is 13.7 Å². The molecule has 0 saturated carbocycles. The molecule has 4 rings (SSSR count). The monoisotopic (exact) mass is 407 g/mol. The molecule has 0 fully saturated rings. The summed E-state index contributed by atoms with van der Waals surface area (Å²) in [4.78, 5) is 28.4. The molecule has 0 aliphatic carbocycles. The maximum atomic E-state index is 13.5. The molecule has 1 amide bonds. The maximum Gasteiger partial charge on any atom is 0.290 e. The van der Waals surface area contributed by atoms with Crippen LogP contribution in [0, 0.1) is 13.8 Å². The molecular weight excluding hydrogens is 382 g/mol. The van der Waals surface area contributed by atoms with Crippen LogP contribution in [0.3, 0.4) is 0 Å². The van der Waals surface area contributed by atoms with E-state index in [4.69, 9.17) is 13.9 Å². The molecule has 0 N–H and O–H groups in total. The number of aryl methyl sites for hydroxylation is 2. The standard InChI is InChI=1S/C24H25NO5/c1-5-29-17-8-6-16(7-9-17)20-19-21(26)18-13-14(2)12-15(3)22(18)30-23(19)24(27)25(20)10-11-28-4/h6-9,12-13,20H,5,10-11H2,1-4H3. The van der Waals surface area contributed by atoms with Crippen LogP contribution in [0.2, 0.25) is 0 Å². The van der Waals surface area contributed by atoms with Crippen LogP contribution in [-0.4, -0.2) is 37.7 Å². The highest BCUT2D eigenvalue weighted by Gasteiger charge is 2.42. The Morgan fingerprint density at radius 2 is 1.83 bits per heavy atom. The van der Waals surface area contributed by atoms with Crippen molar-refractivity contribution < 1.29 is 18.7 Å². The average Bonchev–Trinajstić information content (AvgIpc) is 3.00. The van der Waals surface area contributed by atoms with Gasteiger partial charge in [-0.15, -0.1) is 0 Å². The number of nitrogens with zero attached hydrogens (tertiary/aromatic N) is 1. The number of carbonyl (C=O) groups is 1. The zero-order valence-electron chi connectivity index (χ0n) is 17.7. The first kappa shape index (κ1) is 20.2. The molecule has 3 aromatic rings. The lowest BCUT2D eigenvalue weighted by Gasteiger charge is -2.25. The van der Waals surface area contributed by atoms with Crippen molar-refractivity contribution in [3.05, 3.63) is 74.6 Å². The van der Waals surface area contributed by atoms with Crippen molar-refractivity contribution in [2.75, 3.05) is 26.9 Å². The topological polar surface area (TPSA) is 69.0 Å². The van der Waals surface area contributed by atoms with Crippen molar-refractivity contribution in [1.82, 2.24) is 4.90 Å². The molecule has 0 bridgehead atoms. The zero-order chi connectivity index (χ0) is 21.4. The van der Waals surface area contributed by atoms with E-state index in [1.165, 1.54) is 0 Å². The number of methoxy groups -OCH3 is 1. The van der Waals surface area contributed by atoms with Gasteiger partial charge in [0.1, 0.15) is 11.3 Å². The zero-order valence-corrected chi connectivity index (χ0v) is 17.7. The minimum atomic E-state index is -0.528. The third-order valence-corrected chi connectivity index (χ3v) is 5.44. The Bertz CT molecular complexity index is 1160. The Morgan fingerprint density at radius 3 is 2.50 bits per heavy atom. The van der Waals surface area contributed by atoms with Gasteiger partial charge in [0.15, 0.2) is 5.43 Å². The Morgan fingerprint density at radius 1 is 1.10 bits per heavy atom. The van der Waals surface area contributed by atoms with Crippen LogP contribution in [0.5, 0.6) is 5.75 Å². The lowest BCUT2D eigenvalue weighted by atomic mass is 9.97. The summed E-state index contributed by atoms with van der Waals surface area (Å²) in [5, 5.41) is 0.503. The van der Waals surface area contributed by atoms with Crippen LogP contribution in [0.15, 0.2) is 45.6 Å². The SMILES string of the molecule is CCOc1ccc(C2c3c(oc4c(C)cc(C)cc4c3=O)C(=O)N2CCOC)cc1. The van der Waals surface area contributed by atoms with E-state index in [1.54, 1.807) is 12.0 Å². The molecule has 0 saturated heterocycles. The first-order valence-corrected chi connectivity index (χ1v) is 10.1. The highest BCUT2D eigenvalue weighted by Crippen LogP contribution is 2.38. The summed E-state index contributed by atoms with van der Waals surface area (Å²) in [5.74, 6) is 0.570. The van der Waals surface area contributed by atoms with E-state index in [0.717, 1.165) is 22.4 Å². The Labute approximate surface area is 175 Å². The van der Waals surface area contributed by atoms with Gasteiger partial charge >= 0.3 is 0 Å². The fraction of sp³-hybridized carbons (Fsp3) is 0.333. The molecule has 6 nitrogen and oxygen atoms in total. The summed E-state index contributed by atoms with van der Waals surface area (Å²) in [6.45, 7) is 7.03. The van der Waals surface area contributed by atoms with Crippen molar-refractivity contribution in [3.8, 4) is 5.75 Å². The molecular formula is C24H25NO5. The number of fused-ring (bicyclic) bond motifs is 2. The second-order valence-corrected chi connectivity index (χ2v) is 7.53. The smallest absolute Gasteiger partial charge is 0.290 e. The highest BCUT2D eigenvalue weighted by atomic mass is 16.5. The summed E-state index contributed by atoms with van der Waals surface area (Å²) in [7, 11) is 1.59. The summed E-state index contributed by atoms with van der Waals surface area (Å²) < 4.78 is 16.8. The van der Waals surface area contributed by atoms with E-state index < -0.39 is 6.04 Å². The summed E-state index contributed by atoms with van der Waals surface area (Å²) >= 11 is 0. The molecule has 2 heterocycles. The number of hydrogen-bond acceptors (Lipinski definition) is 5. The van der Waals surface area contributed by atoms with Crippen LogP contribution >= 0.6 is 0 Å².